The van der Waals surface area contributed by atoms with Crippen LogP contribution in [0.4, 0.5) is 0 Å². The highest BCUT2D eigenvalue weighted by Gasteiger charge is 2.28. The number of nitrogens with one attached hydrogen (secondary N) is 1. The Labute approximate surface area is 166 Å². The molecule has 0 spiro atoms. The van der Waals surface area contributed by atoms with Gasteiger partial charge in [0.2, 0.25) is 0 Å². The largest absolute Gasteiger partial charge is 0.332 e. The van der Waals surface area contributed by atoms with Gasteiger partial charge in [-0.3, -0.25) is 9.48 Å². The molecule has 2 aromatic heterocycles. The summed E-state index contributed by atoms with van der Waals surface area (Å²) < 4.78 is 1.70. The summed E-state index contributed by atoms with van der Waals surface area (Å²) in [6, 6.07) is 2.19. The van der Waals surface area contributed by atoms with Crippen molar-refractivity contribution in [1.82, 2.24) is 30.0 Å². The number of hydrogen-bond acceptors (Lipinski definition) is 5. The Morgan fingerprint density at radius 2 is 2.11 bits per heavy atom. The molecule has 1 saturated heterocycles. The first-order valence-electron chi connectivity index (χ1n) is 10.2. The highest BCUT2D eigenvalue weighted by Crippen LogP contribution is 2.25. The van der Waals surface area contributed by atoms with Crippen molar-refractivity contribution in [2.45, 2.75) is 64.5 Å². The van der Waals surface area contributed by atoms with Crippen LogP contribution < -0.4 is 5.32 Å². The fraction of sp³-hybridized carbons (Fsp3) is 0.619. The lowest BCUT2D eigenvalue weighted by Gasteiger charge is -2.29. The summed E-state index contributed by atoms with van der Waals surface area (Å²) in [5.41, 5.74) is 3.63. The van der Waals surface area contributed by atoms with Crippen LogP contribution in [0, 0.1) is 0 Å². The predicted octanol–water partition coefficient (Wildman–Crippen LogP) is 2.52. The van der Waals surface area contributed by atoms with Gasteiger partial charge in [0.1, 0.15) is 11.5 Å². The van der Waals surface area contributed by atoms with E-state index in [1.165, 1.54) is 12.8 Å². The second kappa shape index (κ2) is 7.28. The average molecular weight is 383 g/mol. The highest BCUT2D eigenvalue weighted by atomic mass is 16.2. The van der Waals surface area contributed by atoms with Crippen molar-refractivity contribution in [3.05, 3.63) is 40.7 Å². The Hall–Kier alpha value is -2.28. The summed E-state index contributed by atoms with van der Waals surface area (Å²) in [6.07, 6.45) is 6.23. The van der Waals surface area contributed by atoms with Gasteiger partial charge in [-0.05, 0) is 25.5 Å². The van der Waals surface area contributed by atoms with Gasteiger partial charge < -0.3 is 10.2 Å². The minimum Gasteiger partial charge on any atom is -0.332 e. The molecule has 0 saturated carbocycles. The molecule has 150 valence electrons. The molecule has 2 aromatic rings. The van der Waals surface area contributed by atoms with E-state index in [9.17, 15) is 4.79 Å². The molecular formula is C21H30N6O. The first kappa shape index (κ1) is 19.1. The zero-order valence-corrected chi connectivity index (χ0v) is 17.3. The SMILES string of the molecule is Cn1nc(C(C)(C)C)cc1C(=O)N1CCc2nc([C@@H]3CCCCN3)ncc2C1. The van der Waals surface area contributed by atoms with Crippen LogP contribution >= 0.6 is 0 Å². The van der Waals surface area contributed by atoms with Gasteiger partial charge >= 0.3 is 0 Å². The van der Waals surface area contributed by atoms with Crippen LogP contribution in [0.15, 0.2) is 12.3 Å². The normalized spacial score (nSPS) is 20.1. The molecule has 1 atom stereocenters. The Balaban J connectivity index is 1.51. The third kappa shape index (κ3) is 3.68. The van der Waals surface area contributed by atoms with Crippen LogP contribution in [0.5, 0.6) is 0 Å². The number of piperidine rings is 1. The Morgan fingerprint density at radius 1 is 1.29 bits per heavy atom. The van der Waals surface area contributed by atoms with Crippen molar-refractivity contribution in [1.29, 1.82) is 0 Å². The summed E-state index contributed by atoms with van der Waals surface area (Å²) in [5.74, 6) is 0.925. The Bertz CT molecular complexity index is 876. The van der Waals surface area contributed by atoms with E-state index >= 15 is 0 Å². The van der Waals surface area contributed by atoms with Crippen LogP contribution in [-0.4, -0.2) is 43.6 Å². The predicted molar refractivity (Wildman–Crippen MR) is 107 cm³/mol. The fourth-order valence-corrected chi connectivity index (χ4v) is 3.94. The molecule has 2 aliphatic rings. The minimum absolute atomic E-state index is 0.0224. The lowest BCUT2D eigenvalue weighted by atomic mass is 9.92. The molecule has 7 nitrogen and oxygen atoms in total. The molecule has 0 unspecified atom stereocenters. The second-order valence-corrected chi connectivity index (χ2v) is 8.97. The number of hydrogen-bond donors (Lipinski definition) is 1. The number of nitrogens with zero attached hydrogens (tertiary/aromatic N) is 5. The summed E-state index contributed by atoms with van der Waals surface area (Å²) in [5, 5.41) is 8.06. The Morgan fingerprint density at radius 3 is 2.79 bits per heavy atom. The van der Waals surface area contributed by atoms with E-state index in [1.54, 1.807) is 4.68 Å². The quantitative estimate of drug-likeness (QED) is 0.864. The number of rotatable bonds is 2. The summed E-state index contributed by atoms with van der Waals surface area (Å²) in [6.45, 7) is 8.60. The smallest absolute Gasteiger partial charge is 0.272 e. The topological polar surface area (TPSA) is 75.9 Å². The molecular weight excluding hydrogens is 352 g/mol. The van der Waals surface area contributed by atoms with Gasteiger partial charge in [0.25, 0.3) is 5.91 Å². The monoisotopic (exact) mass is 382 g/mol. The molecule has 1 fully saturated rings. The summed E-state index contributed by atoms with van der Waals surface area (Å²) in [7, 11) is 1.84. The molecule has 0 radical (unpaired) electrons. The maximum Gasteiger partial charge on any atom is 0.272 e. The van der Waals surface area contributed by atoms with E-state index in [0.717, 1.165) is 42.2 Å². The van der Waals surface area contributed by atoms with Crippen molar-refractivity contribution in [2.75, 3.05) is 13.1 Å². The molecule has 0 aliphatic carbocycles. The molecule has 0 aromatic carbocycles. The Kier molecular flexibility index (Phi) is 4.95. The van der Waals surface area contributed by atoms with Crippen LogP contribution in [0.2, 0.25) is 0 Å². The van der Waals surface area contributed by atoms with Gasteiger partial charge in [0, 0.05) is 43.7 Å². The van der Waals surface area contributed by atoms with Gasteiger partial charge in [-0.25, -0.2) is 9.97 Å². The number of aromatic nitrogens is 4. The van der Waals surface area contributed by atoms with Crippen molar-refractivity contribution < 1.29 is 4.79 Å². The number of fused-ring (bicyclic) bond motifs is 1. The van der Waals surface area contributed by atoms with E-state index in [4.69, 9.17) is 4.98 Å². The third-order valence-corrected chi connectivity index (χ3v) is 5.73. The second-order valence-electron chi connectivity index (χ2n) is 8.97. The molecule has 0 bridgehead atoms. The van der Waals surface area contributed by atoms with E-state index in [1.807, 2.05) is 24.2 Å². The maximum atomic E-state index is 13.1. The first-order valence-corrected chi connectivity index (χ1v) is 10.2. The van der Waals surface area contributed by atoms with Crippen LogP contribution in [0.3, 0.4) is 0 Å². The molecule has 4 heterocycles. The maximum absolute atomic E-state index is 13.1. The molecule has 28 heavy (non-hydrogen) atoms. The van der Waals surface area contributed by atoms with Gasteiger partial charge in [0.05, 0.1) is 17.4 Å². The summed E-state index contributed by atoms with van der Waals surface area (Å²) in [4.78, 5) is 24.4. The average Bonchev–Trinajstić information content (AvgIpc) is 3.09. The van der Waals surface area contributed by atoms with Gasteiger partial charge in [-0.15, -0.1) is 0 Å². The molecule has 1 amide bonds. The minimum atomic E-state index is -0.0812. The zero-order valence-electron chi connectivity index (χ0n) is 17.3. The standard InChI is InChI=1S/C21H30N6O/c1-21(2,3)18-11-17(26(4)25-18)20(28)27-10-8-15-14(13-27)12-23-19(24-15)16-7-5-6-9-22-16/h11-12,16,22H,5-10,13H2,1-4H3/t16-/m0/s1. The van der Waals surface area contributed by atoms with E-state index < -0.39 is 0 Å². The van der Waals surface area contributed by atoms with E-state index in [-0.39, 0.29) is 17.4 Å². The fourth-order valence-electron chi connectivity index (χ4n) is 3.94. The molecule has 7 heteroatoms. The zero-order chi connectivity index (χ0) is 19.9. The van der Waals surface area contributed by atoms with Crippen molar-refractivity contribution in [3.8, 4) is 0 Å². The van der Waals surface area contributed by atoms with Crippen molar-refractivity contribution in [3.63, 3.8) is 0 Å². The number of carbonyl (C=O) groups excluding carboxylic acids is 1. The van der Waals surface area contributed by atoms with Crippen LogP contribution in [-0.2, 0) is 25.4 Å². The van der Waals surface area contributed by atoms with Crippen LogP contribution in [0.25, 0.3) is 0 Å². The van der Waals surface area contributed by atoms with Crippen LogP contribution in [0.1, 0.15) is 79.3 Å². The van der Waals surface area contributed by atoms with Gasteiger partial charge in [-0.1, -0.05) is 27.2 Å². The lowest BCUT2D eigenvalue weighted by molar-refractivity contribution is 0.0722. The number of amides is 1. The van der Waals surface area contributed by atoms with Gasteiger partial charge in [0.15, 0.2) is 0 Å². The number of carbonyl (C=O) groups is 1. The highest BCUT2D eigenvalue weighted by molar-refractivity contribution is 5.92. The van der Waals surface area contributed by atoms with E-state index in [2.05, 4.69) is 36.2 Å². The molecule has 1 N–H and O–H groups in total. The van der Waals surface area contributed by atoms with E-state index in [0.29, 0.717) is 18.8 Å². The summed E-state index contributed by atoms with van der Waals surface area (Å²) >= 11 is 0. The van der Waals surface area contributed by atoms with Gasteiger partial charge in [-0.2, -0.15) is 5.10 Å². The lowest BCUT2D eigenvalue weighted by Crippen LogP contribution is -2.38. The molecule has 4 rings (SSSR count). The molecule has 2 aliphatic heterocycles. The first-order chi connectivity index (χ1) is 13.3. The number of aryl methyl sites for hydroxylation is 1. The third-order valence-electron chi connectivity index (χ3n) is 5.73. The van der Waals surface area contributed by atoms with Crippen molar-refractivity contribution in [2.24, 2.45) is 7.05 Å². The van der Waals surface area contributed by atoms with Crippen molar-refractivity contribution >= 4 is 5.91 Å².